The van der Waals surface area contributed by atoms with Crippen LogP contribution in [0.1, 0.15) is 63.4 Å². The fraction of sp³-hybridized carbons (Fsp3) is 0.632. The largest absolute Gasteiger partial charge is 0.335 e. The van der Waals surface area contributed by atoms with Crippen LogP contribution in [0.2, 0.25) is 0 Å². The molecule has 1 aromatic rings. The predicted molar refractivity (Wildman–Crippen MR) is 99.6 cm³/mol. The van der Waals surface area contributed by atoms with Gasteiger partial charge in [-0.2, -0.15) is 0 Å². The van der Waals surface area contributed by atoms with E-state index in [0.29, 0.717) is 17.0 Å². The molecule has 2 saturated carbocycles. The number of hydrogen-bond acceptors (Lipinski definition) is 2. The summed E-state index contributed by atoms with van der Waals surface area (Å²) >= 11 is 0. The topological polar surface area (TPSA) is 58.2 Å². The molecule has 2 aliphatic rings. The molecule has 1 aromatic carbocycles. The van der Waals surface area contributed by atoms with E-state index in [9.17, 15) is 9.00 Å². The Morgan fingerprint density at radius 1 is 1.04 bits per heavy atom. The van der Waals surface area contributed by atoms with Crippen molar-refractivity contribution in [1.29, 1.82) is 0 Å². The minimum absolute atomic E-state index is 0.132. The van der Waals surface area contributed by atoms with Gasteiger partial charge in [0.25, 0.3) is 0 Å². The molecule has 2 amide bonds. The summed E-state index contributed by atoms with van der Waals surface area (Å²) in [7, 11) is -0.810. The zero-order chi connectivity index (χ0) is 16.8. The van der Waals surface area contributed by atoms with Crippen molar-refractivity contribution in [3.05, 3.63) is 29.8 Å². The van der Waals surface area contributed by atoms with Gasteiger partial charge in [0.05, 0.1) is 0 Å². The van der Waals surface area contributed by atoms with E-state index in [1.165, 1.54) is 32.1 Å². The van der Waals surface area contributed by atoms with Crippen LogP contribution in [0.4, 0.5) is 10.5 Å². The van der Waals surface area contributed by atoms with E-state index >= 15 is 0 Å². The van der Waals surface area contributed by atoms with Crippen LogP contribution in [0.25, 0.3) is 0 Å². The highest BCUT2D eigenvalue weighted by atomic mass is 32.2. The first-order chi connectivity index (χ1) is 11.7. The third-order valence-corrected chi connectivity index (χ3v) is 6.94. The molecule has 2 fully saturated rings. The molecule has 3 rings (SSSR count). The quantitative estimate of drug-likeness (QED) is 0.832. The van der Waals surface area contributed by atoms with Crippen LogP contribution < -0.4 is 10.6 Å². The van der Waals surface area contributed by atoms with Gasteiger partial charge in [-0.05, 0) is 43.4 Å². The van der Waals surface area contributed by atoms with Gasteiger partial charge in [-0.15, -0.1) is 0 Å². The Bertz CT molecular complexity index is 578. The molecule has 2 N–H and O–H groups in total. The molecule has 0 saturated heterocycles. The van der Waals surface area contributed by atoms with Crippen LogP contribution in [0.3, 0.4) is 0 Å². The summed E-state index contributed by atoms with van der Waals surface area (Å²) in [6.07, 6.45) is 10.4. The molecule has 0 spiro atoms. The minimum Gasteiger partial charge on any atom is -0.335 e. The highest BCUT2D eigenvalue weighted by molar-refractivity contribution is 7.84. The van der Waals surface area contributed by atoms with Crippen LogP contribution in [0, 0.1) is 0 Å². The molecule has 2 aliphatic carbocycles. The number of benzene rings is 1. The van der Waals surface area contributed by atoms with E-state index < -0.39 is 10.8 Å². The van der Waals surface area contributed by atoms with Crippen molar-refractivity contribution >= 4 is 22.5 Å². The lowest BCUT2D eigenvalue weighted by atomic mass is 10.0. The number of amides is 2. The Labute approximate surface area is 147 Å². The number of carbonyl (C=O) groups excluding carboxylic acids is 1. The van der Waals surface area contributed by atoms with Crippen molar-refractivity contribution < 1.29 is 9.00 Å². The lowest BCUT2D eigenvalue weighted by Gasteiger charge is -2.21. The molecule has 1 atom stereocenters. The Balaban J connectivity index is 1.53. The van der Waals surface area contributed by atoms with Crippen molar-refractivity contribution in [2.45, 2.75) is 74.8 Å². The van der Waals surface area contributed by atoms with Crippen LogP contribution in [-0.2, 0) is 16.6 Å². The SMILES string of the molecule is O=C(Nc1cccc(C[S@](=O)C2CCCCC2)c1)NC1CCCC1. The molecule has 4 nitrogen and oxygen atoms in total. The van der Waals surface area contributed by atoms with Crippen LogP contribution in [-0.4, -0.2) is 21.5 Å². The highest BCUT2D eigenvalue weighted by Gasteiger charge is 2.20. The Morgan fingerprint density at radius 3 is 2.50 bits per heavy atom. The average Bonchev–Trinajstić information content (AvgIpc) is 3.08. The average molecular weight is 349 g/mol. The first kappa shape index (κ1) is 17.5. The molecule has 0 radical (unpaired) electrons. The molecule has 0 heterocycles. The van der Waals surface area contributed by atoms with Gasteiger partial charge in [0.2, 0.25) is 0 Å². The summed E-state index contributed by atoms with van der Waals surface area (Å²) in [6, 6.07) is 7.95. The number of carbonyl (C=O) groups is 1. The van der Waals surface area contributed by atoms with Gasteiger partial charge in [-0.3, -0.25) is 4.21 Å². The molecular formula is C19H28N2O2S. The molecular weight excluding hydrogens is 320 g/mol. The van der Waals surface area contributed by atoms with Gasteiger partial charge in [0, 0.05) is 33.5 Å². The number of rotatable bonds is 5. The molecule has 5 heteroatoms. The van der Waals surface area contributed by atoms with Crippen LogP contribution in [0.5, 0.6) is 0 Å². The summed E-state index contributed by atoms with van der Waals surface area (Å²) in [5.74, 6) is 0.588. The Morgan fingerprint density at radius 2 is 1.75 bits per heavy atom. The van der Waals surface area contributed by atoms with Crippen molar-refractivity contribution in [2.75, 3.05) is 5.32 Å². The van der Waals surface area contributed by atoms with Gasteiger partial charge >= 0.3 is 6.03 Å². The number of hydrogen-bond donors (Lipinski definition) is 2. The Hall–Kier alpha value is -1.36. The zero-order valence-corrected chi connectivity index (χ0v) is 15.1. The molecule has 132 valence electrons. The third kappa shape index (κ3) is 5.07. The van der Waals surface area contributed by atoms with E-state index in [1.807, 2.05) is 24.3 Å². The molecule has 0 aromatic heterocycles. The van der Waals surface area contributed by atoms with E-state index in [1.54, 1.807) is 0 Å². The third-order valence-electron chi connectivity index (χ3n) is 5.11. The van der Waals surface area contributed by atoms with E-state index in [2.05, 4.69) is 10.6 Å². The van der Waals surface area contributed by atoms with Gasteiger partial charge in [0.15, 0.2) is 0 Å². The van der Waals surface area contributed by atoms with Gasteiger partial charge in [0.1, 0.15) is 0 Å². The van der Waals surface area contributed by atoms with Gasteiger partial charge in [-0.1, -0.05) is 44.2 Å². The lowest BCUT2D eigenvalue weighted by Crippen LogP contribution is -2.36. The summed E-state index contributed by atoms with van der Waals surface area (Å²) in [5.41, 5.74) is 1.82. The summed E-state index contributed by atoms with van der Waals surface area (Å²) in [6.45, 7) is 0. The second kappa shape index (κ2) is 8.65. The molecule has 24 heavy (non-hydrogen) atoms. The summed E-state index contributed by atoms with van der Waals surface area (Å²) < 4.78 is 12.5. The molecule has 0 unspecified atom stereocenters. The first-order valence-electron chi connectivity index (χ1n) is 9.24. The molecule has 0 aliphatic heterocycles. The van der Waals surface area contributed by atoms with Gasteiger partial charge in [-0.25, -0.2) is 4.79 Å². The minimum atomic E-state index is -0.810. The Kier molecular flexibility index (Phi) is 6.30. The monoisotopic (exact) mass is 348 g/mol. The lowest BCUT2D eigenvalue weighted by molar-refractivity contribution is 0.248. The smallest absolute Gasteiger partial charge is 0.319 e. The maximum absolute atomic E-state index is 12.5. The summed E-state index contributed by atoms with van der Waals surface area (Å²) in [5, 5.41) is 6.29. The van der Waals surface area contributed by atoms with Crippen LogP contribution in [0.15, 0.2) is 24.3 Å². The fourth-order valence-corrected chi connectivity index (χ4v) is 5.37. The molecule has 0 bridgehead atoms. The highest BCUT2D eigenvalue weighted by Crippen LogP contribution is 2.24. The maximum Gasteiger partial charge on any atom is 0.319 e. The second-order valence-electron chi connectivity index (χ2n) is 7.07. The van der Waals surface area contributed by atoms with Crippen molar-refractivity contribution in [3.63, 3.8) is 0 Å². The summed E-state index contributed by atoms with van der Waals surface area (Å²) in [4.78, 5) is 12.1. The maximum atomic E-state index is 12.5. The van der Waals surface area contributed by atoms with E-state index in [4.69, 9.17) is 0 Å². The fourth-order valence-electron chi connectivity index (χ4n) is 3.77. The second-order valence-corrected chi connectivity index (χ2v) is 8.78. The number of nitrogens with one attached hydrogen (secondary N) is 2. The zero-order valence-electron chi connectivity index (χ0n) is 14.3. The first-order valence-corrected chi connectivity index (χ1v) is 10.6. The standard InChI is InChI=1S/C19H28N2O2S/c22-19(20-16-8-4-5-9-16)21-17-10-6-7-15(13-17)14-24(23)18-11-2-1-3-12-18/h6-7,10,13,16,18H,1-5,8-9,11-12,14H2,(H2,20,21,22)/t24-/m0/s1. The van der Waals surface area contributed by atoms with Crippen molar-refractivity contribution in [1.82, 2.24) is 5.32 Å². The predicted octanol–water partition coefficient (Wildman–Crippen LogP) is 4.33. The number of urea groups is 1. The van der Waals surface area contributed by atoms with Crippen LogP contribution >= 0.6 is 0 Å². The normalized spacial score (nSPS) is 20.7. The van der Waals surface area contributed by atoms with Crippen molar-refractivity contribution in [3.8, 4) is 0 Å². The van der Waals surface area contributed by atoms with E-state index in [-0.39, 0.29) is 6.03 Å². The van der Waals surface area contributed by atoms with E-state index in [0.717, 1.165) is 36.9 Å². The van der Waals surface area contributed by atoms with Gasteiger partial charge < -0.3 is 10.6 Å². The van der Waals surface area contributed by atoms with Crippen molar-refractivity contribution in [2.24, 2.45) is 0 Å². The number of anilines is 1.